The van der Waals surface area contributed by atoms with E-state index in [2.05, 4.69) is 15.5 Å². The zero-order chi connectivity index (χ0) is 12.4. The Morgan fingerprint density at radius 1 is 1.53 bits per heavy atom. The number of nitrogens with two attached hydrogens (primary N) is 1. The summed E-state index contributed by atoms with van der Waals surface area (Å²) in [4.78, 5) is 11.8. The van der Waals surface area contributed by atoms with Crippen molar-refractivity contribution in [3.63, 3.8) is 0 Å². The first-order valence-corrected chi connectivity index (χ1v) is 4.95. The second kappa shape index (κ2) is 4.25. The standard InChI is InChI=1S/C11H11FN4O/c1-6-9(13)10(16-15-6)11(17)14-8-4-2-3-7(12)5-8/h2-5H,13H2,1H3,(H,14,17)(H,15,16). The van der Waals surface area contributed by atoms with E-state index in [0.717, 1.165) is 0 Å². The SMILES string of the molecule is Cc1[nH]nc(C(=O)Nc2cccc(F)c2)c1N. The lowest BCUT2D eigenvalue weighted by molar-refractivity contribution is 0.102. The monoisotopic (exact) mass is 234 g/mol. The van der Waals surface area contributed by atoms with Crippen molar-refractivity contribution in [2.45, 2.75) is 6.92 Å². The van der Waals surface area contributed by atoms with E-state index in [9.17, 15) is 9.18 Å². The number of carbonyl (C=O) groups excluding carboxylic acids is 1. The van der Waals surface area contributed by atoms with Crippen molar-refractivity contribution < 1.29 is 9.18 Å². The van der Waals surface area contributed by atoms with E-state index in [0.29, 0.717) is 17.1 Å². The van der Waals surface area contributed by atoms with Crippen molar-refractivity contribution >= 4 is 17.3 Å². The van der Waals surface area contributed by atoms with Gasteiger partial charge in [0.15, 0.2) is 5.69 Å². The van der Waals surface area contributed by atoms with E-state index in [1.54, 1.807) is 13.0 Å². The van der Waals surface area contributed by atoms with Crippen LogP contribution in [0.4, 0.5) is 15.8 Å². The number of aryl methyl sites for hydroxylation is 1. The normalized spacial score (nSPS) is 10.2. The molecule has 2 rings (SSSR count). The fraction of sp³-hybridized carbons (Fsp3) is 0.0909. The van der Waals surface area contributed by atoms with E-state index >= 15 is 0 Å². The number of hydrogen-bond donors (Lipinski definition) is 3. The highest BCUT2D eigenvalue weighted by atomic mass is 19.1. The fourth-order valence-electron chi connectivity index (χ4n) is 1.37. The first kappa shape index (κ1) is 11.1. The van der Waals surface area contributed by atoms with Gasteiger partial charge in [0.2, 0.25) is 0 Å². The van der Waals surface area contributed by atoms with Gasteiger partial charge in [-0.15, -0.1) is 0 Å². The number of H-pyrrole nitrogens is 1. The molecule has 17 heavy (non-hydrogen) atoms. The maximum atomic E-state index is 12.9. The van der Waals surface area contributed by atoms with Crippen molar-refractivity contribution in [2.75, 3.05) is 11.1 Å². The minimum atomic E-state index is -0.475. The number of benzene rings is 1. The Kier molecular flexibility index (Phi) is 2.78. The summed E-state index contributed by atoms with van der Waals surface area (Å²) in [7, 11) is 0. The Labute approximate surface area is 96.8 Å². The van der Waals surface area contributed by atoms with Crippen LogP contribution in [0.2, 0.25) is 0 Å². The van der Waals surface area contributed by atoms with Gasteiger partial charge in [0.05, 0.1) is 11.4 Å². The van der Waals surface area contributed by atoms with E-state index in [4.69, 9.17) is 5.73 Å². The molecule has 0 aliphatic rings. The predicted octanol–water partition coefficient (Wildman–Crippen LogP) is 1.69. The number of anilines is 2. The Bertz CT molecular complexity index is 564. The molecule has 0 atom stereocenters. The Morgan fingerprint density at radius 2 is 2.29 bits per heavy atom. The molecule has 88 valence electrons. The average molecular weight is 234 g/mol. The van der Waals surface area contributed by atoms with E-state index < -0.39 is 11.7 Å². The van der Waals surface area contributed by atoms with Crippen LogP contribution < -0.4 is 11.1 Å². The number of aromatic amines is 1. The molecule has 2 aromatic rings. The predicted molar refractivity (Wildman–Crippen MR) is 62.1 cm³/mol. The van der Waals surface area contributed by atoms with Gasteiger partial charge in [-0.25, -0.2) is 4.39 Å². The number of carbonyl (C=O) groups is 1. The highest BCUT2D eigenvalue weighted by molar-refractivity contribution is 6.06. The van der Waals surface area contributed by atoms with Crippen LogP contribution in [-0.4, -0.2) is 16.1 Å². The zero-order valence-corrected chi connectivity index (χ0v) is 9.12. The number of halogens is 1. The molecule has 6 heteroatoms. The molecular weight excluding hydrogens is 223 g/mol. The summed E-state index contributed by atoms with van der Waals surface area (Å²) in [5, 5.41) is 8.89. The molecule has 0 spiro atoms. The number of rotatable bonds is 2. The van der Waals surface area contributed by atoms with Crippen LogP contribution in [0.15, 0.2) is 24.3 Å². The van der Waals surface area contributed by atoms with Crippen LogP contribution >= 0.6 is 0 Å². The number of nitrogen functional groups attached to an aromatic ring is 1. The van der Waals surface area contributed by atoms with Gasteiger partial charge in [0.1, 0.15) is 5.82 Å². The maximum Gasteiger partial charge on any atom is 0.278 e. The molecule has 0 aliphatic carbocycles. The van der Waals surface area contributed by atoms with Crippen LogP contribution in [0.3, 0.4) is 0 Å². The molecule has 1 heterocycles. The second-order valence-corrected chi connectivity index (χ2v) is 3.58. The molecule has 5 nitrogen and oxygen atoms in total. The lowest BCUT2D eigenvalue weighted by Crippen LogP contribution is -2.14. The molecule has 0 fully saturated rings. The van der Waals surface area contributed by atoms with Gasteiger partial charge in [-0.1, -0.05) is 6.07 Å². The molecule has 4 N–H and O–H groups in total. The van der Waals surface area contributed by atoms with Crippen LogP contribution in [0.1, 0.15) is 16.2 Å². The van der Waals surface area contributed by atoms with Gasteiger partial charge in [0, 0.05) is 5.69 Å². The van der Waals surface area contributed by atoms with E-state index in [1.165, 1.54) is 18.2 Å². The number of nitrogens with zero attached hydrogens (tertiary/aromatic N) is 1. The van der Waals surface area contributed by atoms with Crippen molar-refractivity contribution in [3.05, 3.63) is 41.5 Å². The topological polar surface area (TPSA) is 83.8 Å². The van der Waals surface area contributed by atoms with Crippen molar-refractivity contribution in [1.29, 1.82) is 0 Å². The first-order valence-electron chi connectivity index (χ1n) is 4.95. The molecule has 0 saturated heterocycles. The number of amides is 1. The van der Waals surface area contributed by atoms with Gasteiger partial charge in [-0.2, -0.15) is 5.10 Å². The maximum absolute atomic E-state index is 12.9. The Balaban J connectivity index is 2.20. The molecule has 0 radical (unpaired) electrons. The largest absolute Gasteiger partial charge is 0.395 e. The smallest absolute Gasteiger partial charge is 0.278 e. The third-order valence-electron chi connectivity index (χ3n) is 2.29. The molecule has 0 saturated carbocycles. The highest BCUT2D eigenvalue weighted by Crippen LogP contribution is 2.15. The third-order valence-corrected chi connectivity index (χ3v) is 2.29. The number of hydrogen-bond acceptors (Lipinski definition) is 3. The summed E-state index contributed by atoms with van der Waals surface area (Å²) < 4.78 is 12.9. The summed E-state index contributed by atoms with van der Waals surface area (Å²) in [5.74, 6) is -0.897. The third kappa shape index (κ3) is 2.25. The molecule has 1 aromatic carbocycles. The summed E-state index contributed by atoms with van der Waals surface area (Å²) in [6.45, 7) is 1.71. The molecule has 1 amide bonds. The fourth-order valence-corrected chi connectivity index (χ4v) is 1.37. The quantitative estimate of drug-likeness (QED) is 0.739. The van der Waals surface area contributed by atoms with Crippen LogP contribution in [0.5, 0.6) is 0 Å². The summed E-state index contributed by atoms with van der Waals surface area (Å²) in [6, 6.07) is 5.59. The molecule has 0 bridgehead atoms. The van der Waals surface area contributed by atoms with Gasteiger partial charge in [-0.05, 0) is 25.1 Å². The summed E-state index contributed by atoms with van der Waals surface area (Å²) >= 11 is 0. The zero-order valence-electron chi connectivity index (χ0n) is 9.12. The average Bonchev–Trinajstić information content (AvgIpc) is 2.60. The Hall–Kier alpha value is -2.37. The van der Waals surface area contributed by atoms with E-state index in [-0.39, 0.29) is 5.69 Å². The minimum absolute atomic E-state index is 0.103. The van der Waals surface area contributed by atoms with Crippen LogP contribution in [-0.2, 0) is 0 Å². The van der Waals surface area contributed by atoms with Gasteiger partial charge in [0.25, 0.3) is 5.91 Å². The van der Waals surface area contributed by atoms with Gasteiger partial charge >= 0.3 is 0 Å². The highest BCUT2D eigenvalue weighted by Gasteiger charge is 2.15. The number of nitrogens with one attached hydrogen (secondary N) is 2. The summed E-state index contributed by atoms with van der Waals surface area (Å²) in [5.41, 5.74) is 7.03. The molecule has 0 aliphatic heterocycles. The molecule has 1 aromatic heterocycles. The van der Waals surface area contributed by atoms with Gasteiger partial charge in [-0.3, -0.25) is 9.89 Å². The van der Waals surface area contributed by atoms with Crippen molar-refractivity contribution in [2.24, 2.45) is 0 Å². The van der Waals surface area contributed by atoms with E-state index in [1.807, 2.05) is 0 Å². The minimum Gasteiger partial charge on any atom is -0.395 e. The second-order valence-electron chi connectivity index (χ2n) is 3.58. The molecule has 0 unspecified atom stereocenters. The number of aromatic nitrogens is 2. The Morgan fingerprint density at radius 3 is 2.88 bits per heavy atom. The molecular formula is C11H11FN4O. The van der Waals surface area contributed by atoms with Crippen LogP contribution in [0.25, 0.3) is 0 Å². The van der Waals surface area contributed by atoms with Crippen molar-refractivity contribution in [1.82, 2.24) is 10.2 Å². The van der Waals surface area contributed by atoms with Crippen molar-refractivity contribution in [3.8, 4) is 0 Å². The van der Waals surface area contributed by atoms with Crippen LogP contribution in [0, 0.1) is 12.7 Å². The summed E-state index contributed by atoms with van der Waals surface area (Å²) in [6.07, 6.45) is 0. The lowest BCUT2D eigenvalue weighted by atomic mass is 10.2. The lowest BCUT2D eigenvalue weighted by Gasteiger charge is -2.03. The van der Waals surface area contributed by atoms with Gasteiger partial charge < -0.3 is 11.1 Å². The first-order chi connectivity index (χ1) is 8.08.